The van der Waals surface area contributed by atoms with Crippen LogP contribution >= 0.6 is 0 Å². The third-order valence-electron chi connectivity index (χ3n) is 5.34. The predicted molar refractivity (Wildman–Crippen MR) is 110 cm³/mol. The summed E-state index contributed by atoms with van der Waals surface area (Å²) in [6, 6.07) is 14.1. The van der Waals surface area contributed by atoms with E-state index >= 15 is 0 Å². The average molecular weight is 394 g/mol. The molecule has 0 bridgehead atoms. The van der Waals surface area contributed by atoms with Crippen LogP contribution in [-0.4, -0.2) is 23.6 Å². The molecule has 1 heterocycles. The van der Waals surface area contributed by atoms with Gasteiger partial charge in [0.2, 0.25) is 5.91 Å². The number of benzene rings is 2. The van der Waals surface area contributed by atoms with E-state index in [1.165, 1.54) is 6.42 Å². The molecule has 0 saturated heterocycles. The molecule has 1 saturated carbocycles. The minimum absolute atomic E-state index is 0.169. The molecule has 1 fully saturated rings. The highest BCUT2D eigenvalue weighted by Gasteiger charge is 2.42. The fourth-order valence-electron chi connectivity index (χ4n) is 3.90. The van der Waals surface area contributed by atoms with E-state index in [1.807, 2.05) is 43.3 Å². The summed E-state index contributed by atoms with van der Waals surface area (Å²) in [4.78, 5) is 24.6. The summed E-state index contributed by atoms with van der Waals surface area (Å²) in [5.41, 5.74) is 1.24. The van der Waals surface area contributed by atoms with Gasteiger partial charge in [0.05, 0.1) is 0 Å². The molecule has 0 radical (unpaired) electrons. The lowest BCUT2D eigenvalue weighted by Crippen LogP contribution is -2.40. The van der Waals surface area contributed by atoms with Gasteiger partial charge in [-0.05, 0) is 44.0 Å². The normalized spacial score (nSPS) is 17.6. The maximum atomic E-state index is 12.4. The Morgan fingerprint density at radius 1 is 1.00 bits per heavy atom. The van der Waals surface area contributed by atoms with Crippen LogP contribution in [0.15, 0.2) is 48.5 Å². The first-order valence-electron chi connectivity index (χ1n) is 10.2. The summed E-state index contributed by atoms with van der Waals surface area (Å²) in [6.45, 7) is 1.81. The predicted octanol–water partition coefficient (Wildman–Crippen LogP) is 4.27. The van der Waals surface area contributed by atoms with E-state index in [4.69, 9.17) is 9.47 Å². The van der Waals surface area contributed by atoms with Crippen LogP contribution < -0.4 is 20.1 Å². The number of hydrogen-bond donors (Lipinski definition) is 2. The van der Waals surface area contributed by atoms with Gasteiger partial charge in [0.1, 0.15) is 0 Å². The summed E-state index contributed by atoms with van der Waals surface area (Å²) in [5.74, 6) is 0.520. The molecule has 2 aromatic carbocycles. The van der Waals surface area contributed by atoms with E-state index in [-0.39, 0.29) is 24.3 Å². The lowest BCUT2D eigenvalue weighted by atomic mass is 9.94. The second-order valence-corrected chi connectivity index (χ2v) is 7.83. The Hall–Kier alpha value is -3.02. The number of nitrogens with one attached hydrogen (secondary N) is 2. The van der Waals surface area contributed by atoms with Crippen molar-refractivity contribution in [1.29, 1.82) is 0 Å². The molecule has 152 valence electrons. The maximum absolute atomic E-state index is 12.4. The van der Waals surface area contributed by atoms with Crippen LogP contribution in [0.2, 0.25) is 0 Å². The highest BCUT2D eigenvalue weighted by Crippen LogP contribution is 2.46. The molecule has 6 nitrogen and oxygen atoms in total. The molecule has 6 heteroatoms. The summed E-state index contributed by atoms with van der Waals surface area (Å²) in [6.07, 6.45) is 5.38. The Labute approximate surface area is 170 Å². The van der Waals surface area contributed by atoms with Crippen molar-refractivity contribution in [2.75, 3.05) is 5.32 Å². The van der Waals surface area contributed by atoms with Gasteiger partial charge in [-0.15, -0.1) is 0 Å². The van der Waals surface area contributed by atoms with Gasteiger partial charge < -0.3 is 20.1 Å². The maximum Gasteiger partial charge on any atom is 0.251 e. The Kier molecular flexibility index (Phi) is 5.43. The number of fused-ring (bicyclic) bond motifs is 1. The molecule has 1 aliphatic heterocycles. The molecule has 1 spiro atoms. The molecule has 0 aromatic heterocycles. The number of carbonyl (C=O) groups excluding carboxylic acids is 2. The van der Waals surface area contributed by atoms with E-state index in [2.05, 4.69) is 10.6 Å². The molecule has 1 unspecified atom stereocenters. The summed E-state index contributed by atoms with van der Waals surface area (Å²) in [5, 5.41) is 5.73. The Morgan fingerprint density at radius 2 is 1.72 bits per heavy atom. The Morgan fingerprint density at radius 3 is 2.48 bits per heavy atom. The highest BCUT2D eigenvalue weighted by atomic mass is 16.7. The van der Waals surface area contributed by atoms with Crippen molar-refractivity contribution in [2.24, 2.45) is 0 Å². The van der Waals surface area contributed by atoms with Crippen LogP contribution in [0.25, 0.3) is 0 Å². The summed E-state index contributed by atoms with van der Waals surface area (Å²) in [7, 11) is 0. The third-order valence-corrected chi connectivity index (χ3v) is 5.34. The average Bonchev–Trinajstić information content (AvgIpc) is 3.05. The molecule has 2 aliphatic rings. The Bertz CT molecular complexity index is 891. The SMILES string of the molecule is CC(CC(=O)Nc1ccc2c(c1)OC1(CCCCC1)O2)NC(=O)c1ccccc1. The van der Waals surface area contributed by atoms with Crippen molar-refractivity contribution in [2.45, 2.75) is 57.3 Å². The molecular weight excluding hydrogens is 368 g/mol. The van der Waals surface area contributed by atoms with E-state index in [9.17, 15) is 9.59 Å². The topological polar surface area (TPSA) is 76.7 Å². The fraction of sp³-hybridized carbons (Fsp3) is 0.391. The molecule has 2 aromatic rings. The van der Waals surface area contributed by atoms with Crippen LogP contribution in [0, 0.1) is 0 Å². The quantitative estimate of drug-likeness (QED) is 0.794. The summed E-state index contributed by atoms with van der Waals surface area (Å²) >= 11 is 0. The lowest BCUT2D eigenvalue weighted by Gasteiger charge is -2.31. The van der Waals surface area contributed by atoms with Gasteiger partial charge in [0.15, 0.2) is 11.5 Å². The van der Waals surface area contributed by atoms with Crippen molar-refractivity contribution in [3.05, 3.63) is 54.1 Å². The molecule has 29 heavy (non-hydrogen) atoms. The minimum Gasteiger partial charge on any atom is -0.448 e. The van der Waals surface area contributed by atoms with E-state index in [0.29, 0.717) is 17.0 Å². The van der Waals surface area contributed by atoms with Crippen molar-refractivity contribution in [1.82, 2.24) is 5.32 Å². The van der Waals surface area contributed by atoms with Crippen LogP contribution in [-0.2, 0) is 4.79 Å². The third kappa shape index (κ3) is 4.53. The van der Waals surface area contributed by atoms with Gasteiger partial charge in [0, 0.05) is 42.6 Å². The second kappa shape index (κ2) is 8.15. The zero-order valence-corrected chi connectivity index (χ0v) is 16.6. The van der Waals surface area contributed by atoms with E-state index in [0.717, 1.165) is 31.4 Å². The van der Waals surface area contributed by atoms with Crippen LogP contribution in [0.4, 0.5) is 5.69 Å². The number of ether oxygens (including phenoxy) is 2. The lowest BCUT2D eigenvalue weighted by molar-refractivity contribution is -0.116. The largest absolute Gasteiger partial charge is 0.448 e. The van der Waals surface area contributed by atoms with Crippen molar-refractivity contribution in [3.8, 4) is 11.5 Å². The van der Waals surface area contributed by atoms with E-state index < -0.39 is 5.79 Å². The molecule has 1 atom stereocenters. The van der Waals surface area contributed by atoms with Crippen molar-refractivity contribution in [3.63, 3.8) is 0 Å². The van der Waals surface area contributed by atoms with Gasteiger partial charge in [-0.3, -0.25) is 9.59 Å². The zero-order chi connectivity index (χ0) is 20.3. The Balaban J connectivity index is 1.31. The molecular formula is C23H26N2O4. The molecule has 2 N–H and O–H groups in total. The van der Waals surface area contributed by atoms with Gasteiger partial charge >= 0.3 is 0 Å². The highest BCUT2D eigenvalue weighted by molar-refractivity contribution is 5.95. The van der Waals surface area contributed by atoms with Crippen LogP contribution in [0.5, 0.6) is 11.5 Å². The van der Waals surface area contributed by atoms with Crippen LogP contribution in [0.3, 0.4) is 0 Å². The van der Waals surface area contributed by atoms with E-state index in [1.54, 1.807) is 12.1 Å². The molecule has 4 rings (SSSR count). The summed E-state index contributed by atoms with van der Waals surface area (Å²) < 4.78 is 12.2. The first kappa shape index (κ1) is 19.3. The number of carbonyl (C=O) groups is 2. The standard InChI is InChI=1S/C23H26N2O4/c1-16(24-22(27)17-8-4-2-5-9-17)14-21(26)25-18-10-11-19-20(15-18)29-23(28-19)12-6-3-7-13-23/h2,4-5,8-11,15-16H,3,6-7,12-14H2,1H3,(H,24,27)(H,25,26). The monoisotopic (exact) mass is 394 g/mol. The zero-order valence-electron chi connectivity index (χ0n) is 16.6. The molecule has 2 amide bonds. The number of rotatable bonds is 5. The second-order valence-electron chi connectivity index (χ2n) is 7.83. The van der Waals surface area contributed by atoms with Gasteiger partial charge in [0.25, 0.3) is 11.7 Å². The first-order chi connectivity index (χ1) is 14.0. The number of hydrogen-bond acceptors (Lipinski definition) is 4. The molecule has 1 aliphatic carbocycles. The fourth-order valence-corrected chi connectivity index (χ4v) is 3.90. The first-order valence-corrected chi connectivity index (χ1v) is 10.2. The van der Waals surface area contributed by atoms with Gasteiger partial charge in [-0.1, -0.05) is 24.6 Å². The number of amides is 2. The van der Waals surface area contributed by atoms with Crippen LogP contribution in [0.1, 0.15) is 55.8 Å². The number of anilines is 1. The smallest absolute Gasteiger partial charge is 0.251 e. The van der Waals surface area contributed by atoms with Gasteiger partial charge in [-0.25, -0.2) is 0 Å². The van der Waals surface area contributed by atoms with Gasteiger partial charge in [-0.2, -0.15) is 0 Å². The van der Waals surface area contributed by atoms with Crippen molar-refractivity contribution < 1.29 is 19.1 Å². The van der Waals surface area contributed by atoms with Crippen molar-refractivity contribution >= 4 is 17.5 Å². The minimum atomic E-state index is -0.528.